The van der Waals surface area contributed by atoms with E-state index in [2.05, 4.69) is 5.32 Å². The number of quaternary nitrogens is 1. The molecule has 1 aliphatic heterocycles. The zero-order valence-electron chi connectivity index (χ0n) is 17.3. The van der Waals surface area contributed by atoms with E-state index >= 15 is 0 Å². The second kappa shape index (κ2) is 8.70. The van der Waals surface area contributed by atoms with Crippen molar-refractivity contribution in [2.45, 2.75) is 32.1 Å². The van der Waals surface area contributed by atoms with Gasteiger partial charge >= 0.3 is 0 Å². The first-order valence-corrected chi connectivity index (χ1v) is 11.1. The lowest BCUT2D eigenvalue weighted by molar-refractivity contribution is -0.908. The first-order valence-electron chi connectivity index (χ1n) is 11.1. The molecule has 0 radical (unpaired) electrons. The molecule has 0 bridgehead atoms. The monoisotopic (exact) mass is 410 g/mol. The number of hydrogen-bond acceptors (Lipinski definition) is 4. The third-order valence-corrected chi connectivity index (χ3v) is 6.20. The van der Waals surface area contributed by atoms with E-state index in [4.69, 9.17) is 14.8 Å². The van der Waals surface area contributed by atoms with E-state index in [0.717, 1.165) is 81.4 Å². The Balaban J connectivity index is 1.41. The van der Waals surface area contributed by atoms with Crippen molar-refractivity contribution in [3.8, 4) is 11.3 Å². The average Bonchev–Trinajstić information content (AvgIpc) is 3.20. The van der Waals surface area contributed by atoms with Gasteiger partial charge in [0.2, 0.25) is 0 Å². The minimum absolute atomic E-state index is 0.249. The maximum absolute atomic E-state index is 13.7. The SMILES string of the molecule is Fc1cccc(-c2cc3nc4c(c(NCCC[NH+]5CCOCC5)n3n2)CCCC4)c1. The van der Waals surface area contributed by atoms with Crippen molar-refractivity contribution in [3.05, 3.63) is 47.4 Å². The molecule has 0 saturated carbocycles. The zero-order chi connectivity index (χ0) is 20.3. The molecule has 3 aromatic rings. The van der Waals surface area contributed by atoms with Crippen molar-refractivity contribution in [3.63, 3.8) is 0 Å². The Morgan fingerprint density at radius 3 is 2.87 bits per heavy atom. The second-order valence-corrected chi connectivity index (χ2v) is 8.30. The number of benzene rings is 1. The van der Waals surface area contributed by atoms with Gasteiger partial charge in [-0.25, -0.2) is 9.37 Å². The molecule has 5 rings (SSSR count). The molecule has 1 aliphatic carbocycles. The largest absolute Gasteiger partial charge is 0.370 e. The van der Waals surface area contributed by atoms with Gasteiger partial charge in [-0.3, -0.25) is 0 Å². The Labute approximate surface area is 176 Å². The highest BCUT2D eigenvalue weighted by molar-refractivity contribution is 5.67. The van der Waals surface area contributed by atoms with E-state index in [1.54, 1.807) is 11.0 Å². The highest BCUT2D eigenvalue weighted by atomic mass is 19.1. The van der Waals surface area contributed by atoms with Crippen LogP contribution in [0, 0.1) is 5.82 Å². The van der Waals surface area contributed by atoms with Gasteiger partial charge in [0, 0.05) is 35.9 Å². The molecule has 3 heterocycles. The predicted molar refractivity (Wildman–Crippen MR) is 115 cm³/mol. The minimum Gasteiger partial charge on any atom is -0.370 e. The molecule has 2 aromatic heterocycles. The summed E-state index contributed by atoms with van der Waals surface area (Å²) in [5, 5.41) is 8.48. The number of aromatic nitrogens is 3. The molecule has 6 nitrogen and oxygen atoms in total. The van der Waals surface area contributed by atoms with Crippen LogP contribution in [0.4, 0.5) is 10.2 Å². The molecule has 0 amide bonds. The standard InChI is InChI=1S/C23H28FN5O/c24-18-6-3-5-17(15-18)21-16-22-26-20-8-2-1-7-19(20)23(29(22)27-21)25-9-4-10-28-11-13-30-14-12-28/h3,5-6,15-16,25H,1-2,4,7-14H2/p+1. The average molecular weight is 411 g/mol. The van der Waals surface area contributed by atoms with E-state index in [1.165, 1.54) is 36.2 Å². The molecule has 30 heavy (non-hydrogen) atoms. The summed E-state index contributed by atoms with van der Waals surface area (Å²) in [4.78, 5) is 6.52. The molecule has 2 aliphatic rings. The smallest absolute Gasteiger partial charge is 0.158 e. The number of nitrogens with zero attached hydrogens (tertiary/aromatic N) is 3. The first kappa shape index (κ1) is 19.5. The Bertz CT molecular complexity index is 1030. The Morgan fingerprint density at radius 2 is 2.00 bits per heavy atom. The fourth-order valence-electron chi connectivity index (χ4n) is 4.58. The molecular weight excluding hydrogens is 381 g/mol. The zero-order valence-corrected chi connectivity index (χ0v) is 17.3. The molecule has 0 spiro atoms. The van der Waals surface area contributed by atoms with Crippen molar-refractivity contribution in [1.29, 1.82) is 0 Å². The van der Waals surface area contributed by atoms with Crippen LogP contribution in [0.5, 0.6) is 0 Å². The first-order chi connectivity index (χ1) is 14.8. The fraction of sp³-hybridized carbons (Fsp3) is 0.478. The van der Waals surface area contributed by atoms with Gasteiger partial charge in [-0.05, 0) is 37.8 Å². The van der Waals surface area contributed by atoms with Crippen LogP contribution in [-0.4, -0.2) is 54.0 Å². The van der Waals surface area contributed by atoms with Crippen LogP contribution in [-0.2, 0) is 17.6 Å². The topological polar surface area (TPSA) is 55.9 Å². The van der Waals surface area contributed by atoms with E-state index in [0.29, 0.717) is 0 Å². The summed E-state index contributed by atoms with van der Waals surface area (Å²) in [6, 6.07) is 8.57. The lowest BCUT2D eigenvalue weighted by Crippen LogP contribution is -3.14. The highest BCUT2D eigenvalue weighted by Gasteiger charge is 2.20. The van der Waals surface area contributed by atoms with Crippen LogP contribution < -0.4 is 10.2 Å². The summed E-state index contributed by atoms with van der Waals surface area (Å²) in [5.74, 6) is 0.815. The number of ether oxygens (including phenoxy) is 1. The van der Waals surface area contributed by atoms with Crippen LogP contribution in [0.25, 0.3) is 16.9 Å². The third kappa shape index (κ3) is 4.04. The number of halogens is 1. The Kier molecular flexibility index (Phi) is 5.64. The van der Waals surface area contributed by atoms with Crippen molar-refractivity contribution in [1.82, 2.24) is 14.6 Å². The van der Waals surface area contributed by atoms with Crippen molar-refractivity contribution in [2.75, 3.05) is 44.7 Å². The summed E-state index contributed by atoms with van der Waals surface area (Å²) in [7, 11) is 0. The molecular formula is C23H29FN5O+. The molecule has 1 fully saturated rings. The number of morpholine rings is 1. The molecule has 158 valence electrons. The van der Waals surface area contributed by atoms with Gasteiger partial charge in [0.1, 0.15) is 24.7 Å². The van der Waals surface area contributed by atoms with E-state index in [9.17, 15) is 4.39 Å². The van der Waals surface area contributed by atoms with Gasteiger partial charge in [0.25, 0.3) is 0 Å². The normalized spacial score (nSPS) is 17.2. The summed E-state index contributed by atoms with van der Waals surface area (Å²) >= 11 is 0. The van der Waals surface area contributed by atoms with Crippen LogP contribution >= 0.6 is 0 Å². The Hall–Kier alpha value is -2.51. The van der Waals surface area contributed by atoms with Gasteiger partial charge < -0.3 is 15.0 Å². The molecule has 0 atom stereocenters. The number of fused-ring (bicyclic) bond motifs is 2. The van der Waals surface area contributed by atoms with E-state index in [1.807, 2.05) is 16.6 Å². The van der Waals surface area contributed by atoms with Gasteiger partial charge in [-0.15, -0.1) is 0 Å². The maximum Gasteiger partial charge on any atom is 0.158 e. The van der Waals surface area contributed by atoms with Crippen LogP contribution in [0.3, 0.4) is 0 Å². The summed E-state index contributed by atoms with van der Waals surface area (Å²) in [6.45, 7) is 6.01. The minimum atomic E-state index is -0.249. The lowest BCUT2D eigenvalue weighted by atomic mass is 9.96. The van der Waals surface area contributed by atoms with E-state index < -0.39 is 0 Å². The Morgan fingerprint density at radius 1 is 1.13 bits per heavy atom. The summed E-state index contributed by atoms with van der Waals surface area (Å²) < 4.78 is 21.1. The van der Waals surface area contributed by atoms with Crippen LogP contribution in [0.15, 0.2) is 30.3 Å². The molecule has 1 saturated heterocycles. The fourth-order valence-corrected chi connectivity index (χ4v) is 4.58. The molecule has 2 N–H and O–H groups in total. The van der Waals surface area contributed by atoms with Crippen LogP contribution in [0.2, 0.25) is 0 Å². The third-order valence-electron chi connectivity index (χ3n) is 6.20. The summed E-state index contributed by atoms with van der Waals surface area (Å²) in [6.07, 6.45) is 5.51. The molecule has 1 aromatic carbocycles. The predicted octanol–water partition coefficient (Wildman–Crippen LogP) is 2.13. The number of rotatable bonds is 6. The van der Waals surface area contributed by atoms with Gasteiger partial charge in [-0.1, -0.05) is 12.1 Å². The maximum atomic E-state index is 13.7. The molecule has 7 heteroatoms. The van der Waals surface area contributed by atoms with Gasteiger partial charge in [-0.2, -0.15) is 9.61 Å². The lowest BCUT2D eigenvalue weighted by Gasteiger charge is -2.24. The second-order valence-electron chi connectivity index (χ2n) is 8.30. The van der Waals surface area contributed by atoms with Crippen molar-refractivity contribution in [2.24, 2.45) is 0 Å². The molecule has 0 unspecified atom stereocenters. The summed E-state index contributed by atoms with van der Waals surface area (Å²) in [5.41, 5.74) is 4.84. The number of aryl methyl sites for hydroxylation is 1. The quantitative estimate of drug-likeness (QED) is 0.612. The number of anilines is 1. The van der Waals surface area contributed by atoms with Crippen molar-refractivity contribution >= 4 is 11.5 Å². The van der Waals surface area contributed by atoms with Gasteiger partial charge in [0.05, 0.1) is 25.5 Å². The van der Waals surface area contributed by atoms with Gasteiger partial charge in [0.15, 0.2) is 5.65 Å². The number of nitrogens with one attached hydrogen (secondary N) is 2. The van der Waals surface area contributed by atoms with Crippen LogP contribution in [0.1, 0.15) is 30.5 Å². The number of hydrogen-bond donors (Lipinski definition) is 2. The van der Waals surface area contributed by atoms with E-state index in [-0.39, 0.29) is 5.82 Å². The highest BCUT2D eigenvalue weighted by Crippen LogP contribution is 2.30. The van der Waals surface area contributed by atoms with Crippen molar-refractivity contribution < 1.29 is 14.0 Å².